The van der Waals surface area contributed by atoms with Gasteiger partial charge in [-0.2, -0.15) is 0 Å². The zero-order chi connectivity index (χ0) is 23.4. The van der Waals surface area contributed by atoms with Crippen LogP contribution in [0.3, 0.4) is 0 Å². The van der Waals surface area contributed by atoms with E-state index in [2.05, 4.69) is 10.3 Å². The topological polar surface area (TPSA) is 60.5 Å². The van der Waals surface area contributed by atoms with E-state index < -0.39 is 0 Å². The van der Waals surface area contributed by atoms with Crippen molar-refractivity contribution >= 4 is 23.1 Å². The molecule has 0 radical (unpaired) electrons. The molecule has 4 rings (SSSR count). The Hall–Kier alpha value is -3.93. The molecule has 0 saturated carbocycles. The lowest BCUT2D eigenvalue weighted by Crippen LogP contribution is -2.23. The molecule has 1 amide bonds. The van der Waals surface area contributed by atoms with Crippen LogP contribution in [-0.2, 0) is 11.3 Å². The molecule has 5 nitrogen and oxygen atoms in total. The summed E-state index contributed by atoms with van der Waals surface area (Å²) >= 11 is 0. The van der Waals surface area contributed by atoms with Crippen molar-refractivity contribution in [2.75, 3.05) is 14.2 Å². The third-order valence-corrected chi connectivity index (χ3v) is 5.67. The minimum Gasteiger partial charge on any atom is -0.497 e. The number of carbonyl (C=O) groups excluding carboxylic acids is 1. The fourth-order valence-corrected chi connectivity index (χ4v) is 3.98. The molecule has 1 N–H and O–H groups in total. The maximum atomic E-state index is 14.1. The fourth-order valence-electron chi connectivity index (χ4n) is 3.98. The molecule has 2 aromatic carbocycles. The van der Waals surface area contributed by atoms with Crippen molar-refractivity contribution in [2.45, 2.75) is 19.9 Å². The predicted octanol–water partition coefficient (Wildman–Crippen LogP) is 5.27. The lowest BCUT2D eigenvalue weighted by Gasteiger charge is -2.08. The molecule has 1 aromatic heterocycles. The number of aromatic nitrogens is 1. The normalized spacial score (nSPS) is 13.8. The number of nitrogens with zero attached hydrogens (tertiary/aromatic N) is 1. The summed E-state index contributed by atoms with van der Waals surface area (Å²) in [6.45, 7) is 2.30. The van der Waals surface area contributed by atoms with Gasteiger partial charge in [-0.3, -0.25) is 9.78 Å². The third-order valence-electron chi connectivity index (χ3n) is 5.67. The van der Waals surface area contributed by atoms with Crippen LogP contribution in [0.1, 0.15) is 35.7 Å². The van der Waals surface area contributed by atoms with Crippen LogP contribution >= 0.6 is 0 Å². The highest BCUT2D eigenvalue weighted by molar-refractivity contribution is 6.08. The van der Waals surface area contributed by atoms with Gasteiger partial charge in [0, 0.05) is 12.3 Å². The molecule has 6 heteroatoms. The van der Waals surface area contributed by atoms with Crippen LogP contribution in [0.5, 0.6) is 11.5 Å². The van der Waals surface area contributed by atoms with Crippen LogP contribution in [0.4, 0.5) is 4.39 Å². The molecular weight excluding hydrogens is 419 g/mol. The van der Waals surface area contributed by atoms with E-state index >= 15 is 0 Å². The first-order valence-corrected chi connectivity index (χ1v) is 10.6. The summed E-state index contributed by atoms with van der Waals surface area (Å²) in [5.41, 5.74) is 5.98. The summed E-state index contributed by atoms with van der Waals surface area (Å²) in [4.78, 5) is 17.0. The van der Waals surface area contributed by atoms with Crippen LogP contribution < -0.4 is 14.8 Å². The van der Waals surface area contributed by atoms with Gasteiger partial charge in [-0.05, 0) is 82.8 Å². The maximum absolute atomic E-state index is 14.1. The number of halogens is 1. The molecule has 0 saturated heterocycles. The molecule has 0 aliphatic heterocycles. The second kappa shape index (κ2) is 9.69. The van der Waals surface area contributed by atoms with Crippen LogP contribution in [0.2, 0.25) is 0 Å². The second-order valence-corrected chi connectivity index (χ2v) is 7.77. The molecule has 0 unspecified atom stereocenters. The molecule has 1 aliphatic rings. The molecule has 1 aliphatic carbocycles. The molecule has 0 bridgehead atoms. The summed E-state index contributed by atoms with van der Waals surface area (Å²) in [7, 11) is 3.21. The number of pyridine rings is 1. The quantitative estimate of drug-likeness (QED) is 0.539. The zero-order valence-corrected chi connectivity index (χ0v) is 18.8. The van der Waals surface area contributed by atoms with Crippen LogP contribution in [0, 0.1) is 5.82 Å². The lowest BCUT2D eigenvalue weighted by atomic mass is 10.0. The highest BCUT2D eigenvalue weighted by Crippen LogP contribution is 2.44. The van der Waals surface area contributed by atoms with Crippen molar-refractivity contribution in [1.82, 2.24) is 10.3 Å². The van der Waals surface area contributed by atoms with Gasteiger partial charge in [0.25, 0.3) is 0 Å². The predicted molar refractivity (Wildman–Crippen MR) is 127 cm³/mol. The monoisotopic (exact) mass is 444 g/mol. The number of allylic oxidation sites excluding steroid dienone is 2. The van der Waals surface area contributed by atoms with Gasteiger partial charge in [0.1, 0.15) is 17.3 Å². The van der Waals surface area contributed by atoms with E-state index in [9.17, 15) is 9.18 Å². The fraction of sp³-hybridized carbons (Fsp3) is 0.185. The number of rotatable bonds is 7. The van der Waals surface area contributed by atoms with Gasteiger partial charge in [-0.15, -0.1) is 0 Å². The van der Waals surface area contributed by atoms with Crippen LogP contribution in [-0.4, -0.2) is 25.1 Å². The third kappa shape index (κ3) is 4.95. The standard InChI is InChI=1S/C27H25FN2O3/c1-17-24(12-18-10-21(32-2)14-22(11-18)33-3)23-8-7-19(28)13-26(23)25(17)15-27(31)30-16-20-6-4-5-9-29-20/h4-14H,15-16H2,1-3H3,(H,30,31)/b24-12-. The number of nitrogens with one attached hydrogen (secondary N) is 1. The molecule has 0 atom stereocenters. The molecule has 168 valence electrons. The number of amides is 1. The first-order chi connectivity index (χ1) is 16.0. The van der Waals surface area contributed by atoms with E-state index in [1.807, 2.05) is 43.3 Å². The Kier molecular flexibility index (Phi) is 6.54. The van der Waals surface area contributed by atoms with Gasteiger partial charge in [0.15, 0.2) is 0 Å². The van der Waals surface area contributed by atoms with Crippen LogP contribution in [0.25, 0.3) is 17.2 Å². The van der Waals surface area contributed by atoms with Gasteiger partial charge in [-0.1, -0.05) is 12.1 Å². The number of benzene rings is 2. The Labute approximate surface area is 192 Å². The van der Waals surface area contributed by atoms with E-state index in [1.165, 1.54) is 12.1 Å². The van der Waals surface area contributed by atoms with Crippen molar-refractivity contribution in [3.05, 3.63) is 94.6 Å². The van der Waals surface area contributed by atoms with Crippen molar-refractivity contribution in [3.8, 4) is 11.5 Å². The highest BCUT2D eigenvalue weighted by Gasteiger charge is 2.26. The summed E-state index contributed by atoms with van der Waals surface area (Å²) in [5.74, 6) is 0.871. The number of fused-ring (bicyclic) bond motifs is 1. The van der Waals surface area contributed by atoms with Crippen molar-refractivity contribution in [1.29, 1.82) is 0 Å². The Balaban J connectivity index is 1.66. The lowest BCUT2D eigenvalue weighted by molar-refractivity contribution is -0.120. The first kappa shape index (κ1) is 22.3. The number of methoxy groups -OCH3 is 2. The smallest absolute Gasteiger partial charge is 0.224 e. The number of ether oxygens (including phenoxy) is 2. The van der Waals surface area contributed by atoms with Crippen molar-refractivity contribution < 1.29 is 18.7 Å². The number of hydrogen-bond acceptors (Lipinski definition) is 4. The summed E-state index contributed by atoms with van der Waals surface area (Å²) in [5, 5.41) is 2.90. The molecule has 1 heterocycles. The van der Waals surface area contributed by atoms with Crippen molar-refractivity contribution in [3.63, 3.8) is 0 Å². The largest absolute Gasteiger partial charge is 0.497 e. The molecule has 33 heavy (non-hydrogen) atoms. The van der Waals surface area contributed by atoms with E-state index in [4.69, 9.17) is 9.47 Å². The van der Waals surface area contributed by atoms with Gasteiger partial charge in [-0.25, -0.2) is 4.39 Å². The van der Waals surface area contributed by atoms with Crippen LogP contribution in [0.15, 0.2) is 66.4 Å². The Morgan fingerprint density at radius 2 is 1.79 bits per heavy atom. The molecular formula is C27H25FN2O3. The Morgan fingerprint density at radius 1 is 1.03 bits per heavy atom. The summed E-state index contributed by atoms with van der Waals surface area (Å²) in [6.07, 6.45) is 3.85. The van der Waals surface area contributed by atoms with E-state index in [0.717, 1.165) is 39.1 Å². The maximum Gasteiger partial charge on any atom is 0.224 e. The average molecular weight is 445 g/mol. The molecule has 0 fully saturated rings. The summed E-state index contributed by atoms with van der Waals surface area (Å²) in [6, 6.07) is 15.9. The summed E-state index contributed by atoms with van der Waals surface area (Å²) < 4.78 is 24.9. The van der Waals surface area contributed by atoms with Gasteiger partial charge in [0.2, 0.25) is 5.91 Å². The van der Waals surface area contributed by atoms with Crippen molar-refractivity contribution in [2.24, 2.45) is 0 Å². The van der Waals surface area contributed by atoms with Gasteiger partial charge < -0.3 is 14.8 Å². The highest BCUT2D eigenvalue weighted by atomic mass is 19.1. The van der Waals surface area contributed by atoms with Gasteiger partial charge >= 0.3 is 0 Å². The number of hydrogen-bond donors (Lipinski definition) is 1. The second-order valence-electron chi connectivity index (χ2n) is 7.77. The average Bonchev–Trinajstić information content (AvgIpc) is 3.08. The van der Waals surface area contributed by atoms with E-state index in [0.29, 0.717) is 18.0 Å². The molecule has 3 aromatic rings. The first-order valence-electron chi connectivity index (χ1n) is 10.6. The molecule has 0 spiro atoms. The Morgan fingerprint density at radius 3 is 2.45 bits per heavy atom. The zero-order valence-electron chi connectivity index (χ0n) is 18.8. The SMILES string of the molecule is COc1cc(/C=C2/C(C)=C(CC(=O)NCc3ccccn3)c3cc(F)ccc32)cc(OC)c1. The number of carbonyl (C=O) groups is 1. The Bertz CT molecular complexity index is 1230. The minimum absolute atomic E-state index is 0.144. The minimum atomic E-state index is -0.336. The van der Waals surface area contributed by atoms with E-state index in [1.54, 1.807) is 32.5 Å². The van der Waals surface area contributed by atoms with Gasteiger partial charge in [0.05, 0.1) is 32.9 Å². The van der Waals surface area contributed by atoms with E-state index in [-0.39, 0.29) is 18.1 Å².